The van der Waals surface area contributed by atoms with Crippen molar-refractivity contribution in [2.24, 2.45) is 0 Å². The van der Waals surface area contributed by atoms with E-state index >= 15 is 0 Å². The molecule has 2 aromatic carbocycles. The first kappa shape index (κ1) is 17.6. The molecule has 3 aromatic rings. The van der Waals surface area contributed by atoms with Gasteiger partial charge in [-0.3, -0.25) is 0 Å². The first-order valence-electron chi connectivity index (χ1n) is 10.3. The SMILES string of the molecule is CCC#Cc1c(C)[nH]c2c3c(ccc12)CC1=CCC=CC(=C1)N3c1ccccc1. The van der Waals surface area contributed by atoms with Gasteiger partial charge in [0, 0.05) is 28.9 Å². The minimum atomic E-state index is 0.860. The summed E-state index contributed by atoms with van der Waals surface area (Å²) in [7, 11) is 0. The van der Waals surface area contributed by atoms with Crippen LogP contribution in [0, 0.1) is 18.8 Å². The Bertz CT molecular complexity index is 1240. The summed E-state index contributed by atoms with van der Waals surface area (Å²) >= 11 is 0. The molecule has 1 N–H and O–H groups in total. The highest BCUT2D eigenvalue weighted by atomic mass is 15.2. The predicted octanol–water partition coefficient (Wildman–Crippen LogP) is 6.70. The van der Waals surface area contributed by atoms with Crippen LogP contribution in [0.25, 0.3) is 10.9 Å². The van der Waals surface area contributed by atoms with Gasteiger partial charge in [0.1, 0.15) is 0 Å². The van der Waals surface area contributed by atoms with Crippen molar-refractivity contribution in [2.75, 3.05) is 4.90 Å². The van der Waals surface area contributed by atoms with Crippen molar-refractivity contribution in [1.82, 2.24) is 4.98 Å². The average Bonchev–Trinajstić information content (AvgIpc) is 2.89. The second-order valence-corrected chi connectivity index (χ2v) is 7.61. The summed E-state index contributed by atoms with van der Waals surface area (Å²) < 4.78 is 0. The topological polar surface area (TPSA) is 19.0 Å². The Kier molecular flexibility index (Phi) is 4.37. The van der Waals surface area contributed by atoms with Gasteiger partial charge in [-0.1, -0.05) is 61.2 Å². The van der Waals surface area contributed by atoms with Gasteiger partial charge in [0.05, 0.1) is 16.8 Å². The largest absolute Gasteiger partial charge is 0.356 e. The predicted molar refractivity (Wildman–Crippen MR) is 122 cm³/mol. The number of hydrogen-bond acceptors (Lipinski definition) is 1. The highest BCUT2D eigenvalue weighted by molar-refractivity contribution is 6.01. The number of nitrogens with zero attached hydrogens (tertiary/aromatic N) is 1. The third-order valence-electron chi connectivity index (χ3n) is 5.64. The first-order valence-corrected chi connectivity index (χ1v) is 10.3. The standard InChI is InChI=1S/C27H24N2/c1-3-4-14-24-19(2)28-26-25(24)16-15-21-17-20-10-8-9-13-23(18-20)29(27(21)26)22-11-6-5-7-12-22/h5-7,9-13,15-16,18,28H,3,8,17H2,1-2H3. The molecular weight excluding hydrogens is 352 g/mol. The zero-order valence-corrected chi connectivity index (χ0v) is 16.9. The van der Waals surface area contributed by atoms with E-state index in [0.717, 1.165) is 30.5 Å². The molecule has 142 valence electrons. The zero-order valence-electron chi connectivity index (χ0n) is 16.9. The van der Waals surface area contributed by atoms with Crippen molar-refractivity contribution in [2.45, 2.75) is 33.1 Å². The van der Waals surface area contributed by atoms with Crippen LogP contribution in [-0.2, 0) is 6.42 Å². The number of fused-ring (bicyclic) bond motifs is 4. The Morgan fingerprint density at radius 1 is 1.10 bits per heavy atom. The number of para-hydroxylation sites is 1. The second-order valence-electron chi connectivity index (χ2n) is 7.61. The molecule has 2 nitrogen and oxygen atoms in total. The summed E-state index contributed by atoms with van der Waals surface area (Å²) in [5.41, 5.74) is 9.76. The van der Waals surface area contributed by atoms with E-state index in [9.17, 15) is 0 Å². The summed E-state index contributed by atoms with van der Waals surface area (Å²) in [5.74, 6) is 6.63. The molecule has 2 aliphatic rings. The minimum Gasteiger partial charge on any atom is -0.356 e. The van der Waals surface area contributed by atoms with E-state index in [1.807, 2.05) is 0 Å². The van der Waals surface area contributed by atoms with Crippen LogP contribution < -0.4 is 4.90 Å². The number of anilines is 2. The molecule has 2 bridgehead atoms. The van der Waals surface area contributed by atoms with Crippen LogP contribution in [-0.4, -0.2) is 4.98 Å². The summed E-state index contributed by atoms with van der Waals surface area (Å²) in [4.78, 5) is 6.07. The number of allylic oxidation sites excluding steroid dienone is 5. The van der Waals surface area contributed by atoms with E-state index in [1.54, 1.807) is 0 Å². The molecule has 0 fully saturated rings. The second kappa shape index (κ2) is 7.18. The molecule has 5 rings (SSSR count). The van der Waals surface area contributed by atoms with E-state index in [2.05, 4.69) is 102 Å². The molecule has 0 radical (unpaired) electrons. The fraction of sp³-hybridized carbons (Fsp3) is 0.185. The Balaban J connectivity index is 1.84. The first-order chi connectivity index (χ1) is 14.3. The highest BCUT2D eigenvalue weighted by Crippen LogP contribution is 2.43. The van der Waals surface area contributed by atoms with Crippen molar-refractivity contribution in [3.63, 3.8) is 0 Å². The number of rotatable bonds is 1. The number of aromatic amines is 1. The molecule has 29 heavy (non-hydrogen) atoms. The fourth-order valence-corrected chi connectivity index (χ4v) is 4.33. The van der Waals surface area contributed by atoms with Crippen molar-refractivity contribution >= 4 is 22.3 Å². The fourth-order valence-electron chi connectivity index (χ4n) is 4.33. The molecular formula is C27H24N2. The lowest BCUT2D eigenvalue weighted by Gasteiger charge is -2.27. The highest BCUT2D eigenvalue weighted by Gasteiger charge is 2.25. The van der Waals surface area contributed by atoms with Crippen LogP contribution in [0.1, 0.15) is 36.6 Å². The van der Waals surface area contributed by atoms with Gasteiger partial charge in [-0.15, -0.1) is 0 Å². The van der Waals surface area contributed by atoms with E-state index < -0.39 is 0 Å². The van der Waals surface area contributed by atoms with Gasteiger partial charge in [0.2, 0.25) is 0 Å². The van der Waals surface area contributed by atoms with Gasteiger partial charge < -0.3 is 9.88 Å². The molecule has 0 unspecified atom stereocenters. The number of benzene rings is 2. The number of hydrogen-bond donors (Lipinski definition) is 1. The third kappa shape index (κ3) is 3.00. The van der Waals surface area contributed by atoms with Crippen molar-refractivity contribution in [1.29, 1.82) is 0 Å². The number of nitrogens with one attached hydrogen (secondary N) is 1. The van der Waals surface area contributed by atoms with Gasteiger partial charge in [0.15, 0.2) is 0 Å². The maximum Gasteiger partial charge on any atom is 0.0738 e. The normalized spacial score (nSPS) is 15.0. The van der Waals surface area contributed by atoms with Gasteiger partial charge in [-0.2, -0.15) is 0 Å². The lowest BCUT2D eigenvalue weighted by Crippen LogP contribution is -2.16. The minimum absolute atomic E-state index is 0.860. The average molecular weight is 377 g/mol. The smallest absolute Gasteiger partial charge is 0.0738 e. The van der Waals surface area contributed by atoms with Gasteiger partial charge >= 0.3 is 0 Å². The molecule has 1 aliphatic carbocycles. The van der Waals surface area contributed by atoms with Crippen molar-refractivity contribution in [3.05, 3.63) is 94.9 Å². The number of H-pyrrole nitrogens is 1. The molecule has 2 heteroatoms. The third-order valence-corrected chi connectivity index (χ3v) is 5.64. The van der Waals surface area contributed by atoms with Crippen LogP contribution in [0.3, 0.4) is 0 Å². The Morgan fingerprint density at radius 2 is 1.97 bits per heavy atom. The van der Waals surface area contributed by atoms with Crippen molar-refractivity contribution < 1.29 is 0 Å². The summed E-state index contributed by atoms with van der Waals surface area (Å²) in [5, 5.41) is 1.20. The van der Waals surface area contributed by atoms with Crippen LogP contribution in [0.4, 0.5) is 11.4 Å². The van der Waals surface area contributed by atoms with E-state index in [0.29, 0.717) is 0 Å². The van der Waals surface area contributed by atoms with Crippen molar-refractivity contribution in [3.8, 4) is 11.8 Å². The molecule has 1 aromatic heterocycles. The lowest BCUT2D eigenvalue weighted by molar-refractivity contribution is 1.16. The van der Waals surface area contributed by atoms with E-state index in [4.69, 9.17) is 0 Å². The Morgan fingerprint density at radius 3 is 2.79 bits per heavy atom. The monoisotopic (exact) mass is 376 g/mol. The molecule has 0 saturated carbocycles. The number of aryl methyl sites for hydroxylation is 1. The molecule has 1 aliphatic heterocycles. The van der Waals surface area contributed by atoms with Crippen LogP contribution in [0.15, 0.2) is 78.0 Å². The van der Waals surface area contributed by atoms with Gasteiger partial charge in [-0.05, 0) is 55.2 Å². The quantitative estimate of drug-likeness (QED) is 0.468. The summed E-state index contributed by atoms with van der Waals surface area (Å²) in [6, 6.07) is 15.2. The summed E-state index contributed by atoms with van der Waals surface area (Å²) in [6.45, 7) is 4.22. The number of aromatic nitrogens is 1. The van der Waals surface area contributed by atoms with Crippen LogP contribution >= 0.6 is 0 Å². The maximum absolute atomic E-state index is 3.67. The molecule has 0 saturated heterocycles. The summed E-state index contributed by atoms with van der Waals surface area (Å²) in [6.07, 6.45) is 11.9. The zero-order chi connectivity index (χ0) is 19.8. The maximum atomic E-state index is 3.67. The lowest BCUT2D eigenvalue weighted by atomic mass is 10.00. The van der Waals surface area contributed by atoms with E-state index in [-0.39, 0.29) is 0 Å². The van der Waals surface area contributed by atoms with Crippen LogP contribution in [0.5, 0.6) is 0 Å². The molecule has 2 heterocycles. The Labute approximate surface area is 172 Å². The van der Waals surface area contributed by atoms with Gasteiger partial charge in [0.25, 0.3) is 0 Å². The van der Waals surface area contributed by atoms with Crippen LogP contribution in [0.2, 0.25) is 0 Å². The molecule has 0 atom stereocenters. The van der Waals surface area contributed by atoms with E-state index in [1.165, 1.54) is 39.1 Å². The van der Waals surface area contributed by atoms with Gasteiger partial charge in [-0.25, -0.2) is 0 Å². The molecule has 0 spiro atoms. The molecule has 0 amide bonds. The Hall–Kier alpha value is -3.44.